The number of ether oxygens (including phenoxy) is 2. The number of rotatable bonds is 8. The predicted octanol–water partition coefficient (Wildman–Crippen LogP) is 4.18. The van der Waals surface area contributed by atoms with E-state index in [4.69, 9.17) is 20.0 Å². The van der Waals surface area contributed by atoms with E-state index in [2.05, 4.69) is 36.8 Å². The van der Waals surface area contributed by atoms with Crippen LogP contribution in [-0.4, -0.2) is 47.7 Å². The predicted molar refractivity (Wildman–Crippen MR) is 129 cm³/mol. The molecule has 0 bridgehead atoms. The molecule has 1 heterocycles. The molecule has 0 spiro atoms. The van der Waals surface area contributed by atoms with E-state index in [-0.39, 0.29) is 18.0 Å². The molecular weight excluding hydrogens is 473 g/mol. The Balaban J connectivity index is 0.000000759. The third-order valence-electron chi connectivity index (χ3n) is 3.80. The molecule has 0 aliphatic carbocycles. The number of nitrogen functional groups attached to an aromatic ring is 1. The number of anilines is 2. The zero-order valence-corrected chi connectivity index (χ0v) is 20.8. The van der Waals surface area contributed by atoms with Gasteiger partial charge in [-0.2, -0.15) is 0 Å². The first-order chi connectivity index (χ1) is 15.8. The third kappa shape index (κ3) is 14.2. The number of halogens is 3. The van der Waals surface area contributed by atoms with Crippen LogP contribution in [0.4, 0.5) is 24.5 Å². The Morgan fingerprint density at radius 2 is 1.88 bits per heavy atom. The van der Waals surface area contributed by atoms with Crippen molar-refractivity contribution in [1.82, 2.24) is 4.98 Å². The number of nitrogens with one attached hydrogen (secondary N) is 1. The van der Waals surface area contributed by atoms with Crippen molar-refractivity contribution in [2.24, 2.45) is 11.1 Å². The molecular formula is C22H33F3N4O4S. The van der Waals surface area contributed by atoms with Gasteiger partial charge in [0.1, 0.15) is 18.2 Å². The van der Waals surface area contributed by atoms with Crippen LogP contribution in [0.2, 0.25) is 0 Å². The number of benzene rings is 1. The van der Waals surface area contributed by atoms with Gasteiger partial charge in [-0.25, -0.2) is 18.2 Å². The number of amides is 1. The molecule has 0 fully saturated rings. The van der Waals surface area contributed by atoms with Gasteiger partial charge in [-0.1, -0.05) is 20.8 Å². The van der Waals surface area contributed by atoms with Crippen LogP contribution in [0.3, 0.4) is 0 Å². The van der Waals surface area contributed by atoms with Crippen LogP contribution >= 0.6 is 0 Å². The Bertz CT molecular complexity index is 912. The van der Waals surface area contributed by atoms with Crippen LogP contribution in [0.5, 0.6) is 17.4 Å². The number of nitrogens with two attached hydrogens (primary N) is 2. The van der Waals surface area contributed by atoms with Crippen molar-refractivity contribution in [1.29, 1.82) is 0 Å². The average molecular weight is 507 g/mol. The fourth-order valence-electron chi connectivity index (χ4n) is 2.12. The Kier molecular flexibility index (Phi) is 14.4. The van der Waals surface area contributed by atoms with E-state index < -0.39 is 29.6 Å². The molecule has 1 aromatic heterocycles. The summed E-state index contributed by atoms with van der Waals surface area (Å²) in [7, 11) is 1.07. The number of carbonyl (C=O) groups is 1. The molecule has 0 radical (unpaired) electrons. The van der Waals surface area contributed by atoms with E-state index >= 15 is 0 Å². The highest BCUT2D eigenvalue weighted by Crippen LogP contribution is 2.32. The maximum absolute atomic E-state index is 13.2. The zero-order valence-electron chi connectivity index (χ0n) is 19.9. The van der Waals surface area contributed by atoms with Crippen molar-refractivity contribution in [3.8, 4) is 17.4 Å². The summed E-state index contributed by atoms with van der Waals surface area (Å²) >= 11 is 0. The third-order valence-corrected chi connectivity index (χ3v) is 4.58. The van der Waals surface area contributed by atoms with Crippen LogP contribution < -0.4 is 26.3 Å². The lowest BCUT2D eigenvalue weighted by molar-refractivity contribution is -0.106. The molecule has 8 nitrogen and oxygen atoms in total. The maximum atomic E-state index is 13.2. The maximum Gasteiger partial charge on any atom is 0.272 e. The summed E-state index contributed by atoms with van der Waals surface area (Å²) in [6.45, 7) is 5.62. The summed E-state index contributed by atoms with van der Waals surface area (Å²) in [5.74, 6) is 0.144. The molecule has 192 valence electrons. The highest BCUT2D eigenvalue weighted by Gasteiger charge is 2.13. The molecule has 5 N–H and O–H groups in total. The lowest BCUT2D eigenvalue weighted by Gasteiger charge is -2.16. The Morgan fingerprint density at radius 3 is 2.35 bits per heavy atom. The number of carbonyl (C=O) groups excluding carboxylic acids is 1. The lowest BCUT2D eigenvalue weighted by Crippen LogP contribution is -2.09. The van der Waals surface area contributed by atoms with Crippen LogP contribution in [0, 0.1) is 11.2 Å². The molecule has 0 aliphatic rings. The van der Waals surface area contributed by atoms with Gasteiger partial charge >= 0.3 is 0 Å². The molecule has 0 saturated heterocycles. The number of nitrogens with zero attached hydrogens (tertiary/aromatic N) is 1. The number of hydrogen-bond acceptors (Lipinski definition) is 7. The fraction of sp³-hybridized carbons (Fsp3) is 0.455. The van der Waals surface area contributed by atoms with E-state index in [1.54, 1.807) is 31.5 Å². The highest BCUT2D eigenvalue weighted by atomic mass is 32.2. The molecule has 1 amide bonds. The second kappa shape index (κ2) is 15.8. The lowest BCUT2D eigenvalue weighted by atomic mass is 9.94. The van der Waals surface area contributed by atoms with Crippen molar-refractivity contribution in [3.63, 3.8) is 0 Å². The van der Waals surface area contributed by atoms with Crippen molar-refractivity contribution in [2.45, 2.75) is 33.6 Å². The standard InChI is InChI=1S/C14H14F3N3O2.C7H16OS.CH3NO/c1-19-11-5-9(2-3-10(11)18)22-14-12(21-7-13(16)17)4-8(15)6-20-14;1-7(2,3)5-6-9(4)8;2-1-3/h2-6,13,19H,7,18H2,1H3;5-6H2,1-4H3;1H,(H2,2,3). The number of hydrogen-bond donors (Lipinski definition) is 3. The van der Waals surface area contributed by atoms with Crippen molar-refractivity contribution < 1.29 is 31.6 Å². The van der Waals surface area contributed by atoms with Gasteiger partial charge in [0.05, 0.1) is 17.6 Å². The van der Waals surface area contributed by atoms with Gasteiger partial charge in [-0.15, -0.1) is 0 Å². The first kappa shape index (κ1) is 31.0. The smallest absolute Gasteiger partial charge is 0.272 e. The second-order valence-corrected chi connectivity index (χ2v) is 9.54. The molecule has 1 unspecified atom stereocenters. The Morgan fingerprint density at radius 1 is 1.26 bits per heavy atom. The van der Waals surface area contributed by atoms with Crippen LogP contribution in [0.25, 0.3) is 0 Å². The second-order valence-electron chi connectivity index (χ2n) is 7.98. The van der Waals surface area contributed by atoms with Crippen LogP contribution in [0.15, 0.2) is 30.5 Å². The molecule has 12 heteroatoms. The molecule has 2 rings (SSSR count). The number of alkyl halides is 2. The molecule has 2 aromatic rings. The molecule has 0 aliphatic heterocycles. The van der Waals surface area contributed by atoms with E-state index in [1.165, 1.54) is 0 Å². The first-order valence-electron chi connectivity index (χ1n) is 10.1. The van der Waals surface area contributed by atoms with E-state index in [0.29, 0.717) is 22.5 Å². The van der Waals surface area contributed by atoms with E-state index in [1.807, 2.05) is 0 Å². The van der Waals surface area contributed by atoms with Gasteiger partial charge in [0.25, 0.3) is 12.3 Å². The minimum atomic E-state index is -2.69. The summed E-state index contributed by atoms with van der Waals surface area (Å²) in [5.41, 5.74) is 11.4. The van der Waals surface area contributed by atoms with Crippen LogP contribution in [0.1, 0.15) is 27.2 Å². The van der Waals surface area contributed by atoms with Gasteiger partial charge in [-0.05, 0) is 24.0 Å². The van der Waals surface area contributed by atoms with Gasteiger partial charge < -0.3 is 26.3 Å². The SMILES string of the molecule is CNc1cc(Oc2ncc(F)cc2OCC(F)F)ccc1N.CS(=O)CCC(C)(C)C.NC=O. The summed E-state index contributed by atoms with van der Waals surface area (Å²) in [6.07, 6.45) is 1.27. The summed E-state index contributed by atoms with van der Waals surface area (Å²) < 4.78 is 58.5. The monoisotopic (exact) mass is 506 g/mol. The van der Waals surface area contributed by atoms with Crippen molar-refractivity contribution in [3.05, 3.63) is 36.3 Å². The number of aromatic nitrogens is 1. The Hall–Kier alpha value is -3.02. The Labute approximate surface area is 200 Å². The topological polar surface area (TPSA) is 130 Å². The van der Waals surface area contributed by atoms with Gasteiger partial charge in [0, 0.05) is 42.0 Å². The quantitative estimate of drug-likeness (QED) is 0.362. The van der Waals surface area contributed by atoms with Crippen molar-refractivity contribution in [2.75, 3.05) is 36.7 Å². The van der Waals surface area contributed by atoms with E-state index in [0.717, 1.165) is 24.4 Å². The van der Waals surface area contributed by atoms with Crippen molar-refractivity contribution >= 4 is 28.6 Å². The fourth-order valence-corrected chi connectivity index (χ4v) is 3.02. The average Bonchev–Trinajstić information content (AvgIpc) is 2.74. The number of primary amides is 1. The van der Waals surface area contributed by atoms with Gasteiger partial charge in [0.2, 0.25) is 6.41 Å². The normalized spacial score (nSPS) is 11.3. The highest BCUT2D eigenvalue weighted by molar-refractivity contribution is 7.84. The van der Waals surface area contributed by atoms with Gasteiger partial charge in [0.15, 0.2) is 5.75 Å². The first-order valence-corrected chi connectivity index (χ1v) is 11.8. The summed E-state index contributed by atoms with van der Waals surface area (Å²) in [4.78, 5) is 12.3. The van der Waals surface area contributed by atoms with Gasteiger partial charge in [-0.3, -0.25) is 9.00 Å². The largest absolute Gasteiger partial charge is 0.482 e. The number of pyridine rings is 1. The summed E-state index contributed by atoms with van der Waals surface area (Å²) in [5, 5.41) is 2.87. The summed E-state index contributed by atoms with van der Waals surface area (Å²) in [6, 6.07) is 5.70. The van der Waals surface area contributed by atoms with E-state index in [9.17, 15) is 17.4 Å². The zero-order chi connectivity index (χ0) is 26.3. The molecule has 34 heavy (non-hydrogen) atoms. The molecule has 1 atom stereocenters. The molecule has 0 saturated carbocycles. The molecule has 1 aromatic carbocycles. The van der Waals surface area contributed by atoms with Crippen LogP contribution in [-0.2, 0) is 15.6 Å². The minimum absolute atomic E-state index is 0.117. The minimum Gasteiger partial charge on any atom is -0.482 e.